The van der Waals surface area contributed by atoms with E-state index in [2.05, 4.69) is 33.0 Å². The van der Waals surface area contributed by atoms with Gasteiger partial charge in [0.2, 0.25) is 0 Å². The van der Waals surface area contributed by atoms with Gasteiger partial charge in [-0.1, -0.05) is 27.7 Å². The Bertz CT molecular complexity index is 127. The highest BCUT2D eigenvalue weighted by atomic mass is 14.8. The van der Waals surface area contributed by atoms with Crippen LogP contribution in [-0.4, -0.2) is 19.6 Å². The van der Waals surface area contributed by atoms with Crippen LogP contribution in [-0.2, 0) is 0 Å². The molecule has 3 N–H and O–H groups in total. The lowest BCUT2D eigenvalue weighted by Gasteiger charge is -2.23. The Morgan fingerprint density at radius 2 is 1.86 bits per heavy atom. The zero-order chi connectivity index (χ0) is 11.0. The van der Waals surface area contributed by atoms with Gasteiger partial charge in [-0.2, -0.15) is 0 Å². The van der Waals surface area contributed by atoms with Crippen LogP contribution < -0.4 is 11.1 Å². The van der Waals surface area contributed by atoms with E-state index in [0.29, 0.717) is 5.41 Å². The van der Waals surface area contributed by atoms with E-state index in [1.54, 1.807) is 0 Å². The molecule has 0 saturated heterocycles. The van der Waals surface area contributed by atoms with Crippen LogP contribution in [0.5, 0.6) is 0 Å². The third-order valence-electron chi connectivity index (χ3n) is 2.33. The molecule has 2 heteroatoms. The molecule has 0 radical (unpaired) electrons. The molecule has 0 aromatic carbocycles. The molecule has 0 aromatic rings. The monoisotopic (exact) mass is 200 g/mol. The molecule has 0 aliphatic carbocycles. The molecule has 0 aromatic heterocycles. The minimum atomic E-state index is 0.469. The Balaban J connectivity index is 3.31. The number of hydrogen-bond acceptors (Lipinski definition) is 2. The van der Waals surface area contributed by atoms with Crippen molar-refractivity contribution in [2.24, 2.45) is 17.1 Å². The summed E-state index contributed by atoms with van der Waals surface area (Å²) in [6, 6.07) is 0. The molecule has 14 heavy (non-hydrogen) atoms. The van der Waals surface area contributed by atoms with Gasteiger partial charge in [0, 0.05) is 0 Å². The quantitative estimate of drug-likeness (QED) is 0.619. The molecule has 1 atom stereocenters. The molecule has 0 fully saturated rings. The summed E-state index contributed by atoms with van der Waals surface area (Å²) < 4.78 is 0. The van der Waals surface area contributed by atoms with Crippen molar-refractivity contribution in [3.05, 3.63) is 0 Å². The topological polar surface area (TPSA) is 38.0 Å². The summed E-state index contributed by atoms with van der Waals surface area (Å²) in [6.45, 7) is 12.3. The lowest BCUT2D eigenvalue weighted by molar-refractivity contribution is 0.295. The highest BCUT2D eigenvalue weighted by Gasteiger charge is 2.14. The molecule has 0 bridgehead atoms. The van der Waals surface area contributed by atoms with Gasteiger partial charge in [0.25, 0.3) is 0 Å². The zero-order valence-electron chi connectivity index (χ0n) is 10.4. The molecule has 0 rings (SSSR count). The summed E-state index contributed by atoms with van der Waals surface area (Å²) >= 11 is 0. The Hall–Kier alpha value is -0.0800. The van der Waals surface area contributed by atoms with E-state index in [1.165, 1.54) is 12.8 Å². The van der Waals surface area contributed by atoms with Gasteiger partial charge in [-0.15, -0.1) is 0 Å². The van der Waals surface area contributed by atoms with Gasteiger partial charge in [0.15, 0.2) is 0 Å². The van der Waals surface area contributed by atoms with Crippen LogP contribution >= 0.6 is 0 Å². The first-order valence-corrected chi connectivity index (χ1v) is 5.86. The standard InChI is InChI=1S/C12H28N2/c1-11(10-12(2,3)4)6-9-14-8-5-7-13/h11,14H,5-10,13H2,1-4H3. The van der Waals surface area contributed by atoms with Crippen molar-refractivity contribution >= 4 is 0 Å². The van der Waals surface area contributed by atoms with Crippen molar-refractivity contribution in [2.75, 3.05) is 19.6 Å². The number of rotatable bonds is 7. The van der Waals surface area contributed by atoms with Crippen LogP contribution in [0.3, 0.4) is 0 Å². The summed E-state index contributed by atoms with van der Waals surface area (Å²) in [4.78, 5) is 0. The Morgan fingerprint density at radius 1 is 1.21 bits per heavy atom. The summed E-state index contributed by atoms with van der Waals surface area (Å²) in [7, 11) is 0. The summed E-state index contributed by atoms with van der Waals surface area (Å²) in [5.74, 6) is 0.820. The van der Waals surface area contributed by atoms with Crippen molar-refractivity contribution in [1.82, 2.24) is 5.32 Å². The highest BCUT2D eigenvalue weighted by Crippen LogP contribution is 2.25. The molecule has 0 aliphatic rings. The van der Waals surface area contributed by atoms with E-state index in [-0.39, 0.29) is 0 Å². The van der Waals surface area contributed by atoms with Gasteiger partial charge in [0.1, 0.15) is 0 Å². The Labute approximate surface area is 89.6 Å². The van der Waals surface area contributed by atoms with Crippen LogP contribution in [0, 0.1) is 11.3 Å². The average molecular weight is 200 g/mol. The lowest BCUT2D eigenvalue weighted by Crippen LogP contribution is -2.22. The fourth-order valence-electron chi connectivity index (χ4n) is 1.85. The normalized spacial score (nSPS) is 14.4. The first-order valence-electron chi connectivity index (χ1n) is 5.86. The molecular formula is C12H28N2. The summed E-state index contributed by atoms with van der Waals surface area (Å²) in [6.07, 6.45) is 3.68. The van der Waals surface area contributed by atoms with Gasteiger partial charge >= 0.3 is 0 Å². The van der Waals surface area contributed by atoms with Gasteiger partial charge < -0.3 is 11.1 Å². The van der Waals surface area contributed by atoms with E-state index in [0.717, 1.165) is 32.0 Å². The molecular weight excluding hydrogens is 172 g/mol. The van der Waals surface area contributed by atoms with Gasteiger partial charge in [-0.25, -0.2) is 0 Å². The molecule has 0 saturated carbocycles. The number of hydrogen-bond donors (Lipinski definition) is 2. The lowest BCUT2D eigenvalue weighted by atomic mass is 9.84. The second kappa shape index (κ2) is 7.24. The average Bonchev–Trinajstić information content (AvgIpc) is 2.00. The van der Waals surface area contributed by atoms with E-state index in [4.69, 9.17) is 5.73 Å². The highest BCUT2D eigenvalue weighted by molar-refractivity contribution is 4.67. The maximum atomic E-state index is 5.41. The van der Waals surface area contributed by atoms with Crippen molar-refractivity contribution in [1.29, 1.82) is 0 Å². The van der Waals surface area contributed by atoms with E-state index in [1.807, 2.05) is 0 Å². The minimum Gasteiger partial charge on any atom is -0.330 e. The molecule has 0 amide bonds. The molecule has 0 heterocycles. The Morgan fingerprint density at radius 3 is 2.36 bits per heavy atom. The molecule has 2 nitrogen and oxygen atoms in total. The maximum Gasteiger partial charge on any atom is -0.00369 e. The van der Waals surface area contributed by atoms with Crippen LogP contribution in [0.1, 0.15) is 47.0 Å². The van der Waals surface area contributed by atoms with Gasteiger partial charge in [-0.05, 0) is 50.2 Å². The van der Waals surface area contributed by atoms with E-state index < -0.39 is 0 Å². The van der Waals surface area contributed by atoms with Crippen molar-refractivity contribution in [3.63, 3.8) is 0 Å². The second-order valence-electron chi connectivity index (χ2n) is 5.55. The van der Waals surface area contributed by atoms with Gasteiger partial charge in [0.05, 0.1) is 0 Å². The van der Waals surface area contributed by atoms with E-state index in [9.17, 15) is 0 Å². The van der Waals surface area contributed by atoms with E-state index >= 15 is 0 Å². The molecule has 86 valence electrons. The minimum absolute atomic E-state index is 0.469. The van der Waals surface area contributed by atoms with Gasteiger partial charge in [-0.3, -0.25) is 0 Å². The first kappa shape index (κ1) is 13.9. The SMILES string of the molecule is CC(CCNCCCN)CC(C)(C)C. The van der Waals surface area contributed by atoms with Crippen LogP contribution in [0.4, 0.5) is 0 Å². The van der Waals surface area contributed by atoms with Crippen LogP contribution in [0.25, 0.3) is 0 Å². The first-order chi connectivity index (χ1) is 6.45. The number of nitrogens with two attached hydrogens (primary N) is 1. The predicted molar refractivity (Wildman–Crippen MR) is 64.4 cm³/mol. The molecule has 0 aliphatic heterocycles. The second-order valence-corrected chi connectivity index (χ2v) is 5.55. The van der Waals surface area contributed by atoms with Crippen molar-refractivity contribution in [2.45, 2.75) is 47.0 Å². The fraction of sp³-hybridized carbons (Fsp3) is 1.00. The smallest absolute Gasteiger partial charge is 0.00369 e. The third kappa shape index (κ3) is 10.0. The van der Waals surface area contributed by atoms with Crippen molar-refractivity contribution in [3.8, 4) is 0 Å². The zero-order valence-corrected chi connectivity index (χ0v) is 10.4. The maximum absolute atomic E-state index is 5.41. The molecule has 1 unspecified atom stereocenters. The third-order valence-corrected chi connectivity index (χ3v) is 2.33. The number of nitrogens with one attached hydrogen (secondary N) is 1. The summed E-state index contributed by atoms with van der Waals surface area (Å²) in [5.41, 5.74) is 5.88. The van der Waals surface area contributed by atoms with Crippen LogP contribution in [0.15, 0.2) is 0 Å². The van der Waals surface area contributed by atoms with Crippen LogP contribution in [0.2, 0.25) is 0 Å². The molecule has 0 spiro atoms. The summed E-state index contributed by atoms with van der Waals surface area (Å²) in [5, 5.41) is 3.42. The fourth-order valence-corrected chi connectivity index (χ4v) is 1.85. The van der Waals surface area contributed by atoms with Crippen molar-refractivity contribution < 1.29 is 0 Å². The predicted octanol–water partition coefficient (Wildman–Crippen LogP) is 2.39. The largest absolute Gasteiger partial charge is 0.330 e. The Kier molecular flexibility index (Phi) is 7.20.